The van der Waals surface area contributed by atoms with Crippen molar-refractivity contribution < 1.29 is 15.0 Å². The van der Waals surface area contributed by atoms with Gasteiger partial charge in [0, 0.05) is 13.1 Å². The summed E-state index contributed by atoms with van der Waals surface area (Å²) in [7, 11) is 0. The van der Waals surface area contributed by atoms with Crippen LogP contribution < -0.4 is 0 Å². The third kappa shape index (κ3) is 1.61. The normalized spacial score (nSPS) is 26.9. The van der Waals surface area contributed by atoms with E-state index in [1.54, 1.807) is 0 Å². The molecule has 76 valence electrons. The minimum atomic E-state index is -0.847. The van der Waals surface area contributed by atoms with Gasteiger partial charge in [-0.15, -0.1) is 5.10 Å². The molecule has 1 aliphatic heterocycles. The average molecular weight is 215 g/mol. The van der Waals surface area contributed by atoms with E-state index < -0.39 is 12.2 Å². The van der Waals surface area contributed by atoms with E-state index in [0.717, 1.165) is 11.5 Å². The standard InChI is InChI=1S/C7H9N3O3S/c11-4-2-10(3-5(4)12)7(13)6-1-8-9-14-6/h1,4-5,11-12H,2-3H2. The van der Waals surface area contributed by atoms with Gasteiger partial charge in [-0.05, 0) is 11.5 Å². The lowest BCUT2D eigenvalue weighted by Crippen LogP contribution is -2.29. The molecule has 2 heterocycles. The first kappa shape index (κ1) is 9.50. The maximum atomic E-state index is 11.6. The summed E-state index contributed by atoms with van der Waals surface area (Å²) in [4.78, 5) is 13.4. The lowest BCUT2D eigenvalue weighted by molar-refractivity contribution is 0.0572. The van der Waals surface area contributed by atoms with Gasteiger partial charge in [0.25, 0.3) is 5.91 Å². The average Bonchev–Trinajstić information content (AvgIpc) is 2.76. The summed E-state index contributed by atoms with van der Waals surface area (Å²) in [6.45, 7) is 0.329. The highest BCUT2D eigenvalue weighted by Gasteiger charge is 2.33. The minimum absolute atomic E-state index is 0.165. The molecule has 1 amide bonds. The summed E-state index contributed by atoms with van der Waals surface area (Å²) in [6.07, 6.45) is -0.316. The van der Waals surface area contributed by atoms with E-state index >= 15 is 0 Å². The van der Waals surface area contributed by atoms with Gasteiger partial charge in [-0.1, -0.05) is 4.49 Å². The molecule has 2 N–H and O–H groups in total. The van der Waals surface area contributed by atoms with Gasteiger partial charge in [0.2, 0.25) is 0 Å². The fourth-order valence-electron chi connectivity index (χ4n) is 1.35. The SMILES string of the molecule is O=C(c1cnns1)N1CC(O)C(O)C1. The summed E-state index contributed by atoms with van der Waals surface area (Å²) in [6, 6.07) is 0. The molecule has 1 aromatic heterocycles. The van der Waals surface area contributed by atoms with Crippen molar-refractivity contribution in [2.24, 2.45) is 0 Å². The fraction of sp³-hybridized carbons (Fsp3) is 0.571. The van der Waals surface area contributed by atoms with E-state index in [9.17, 15) is 15.0 Å². The molecule has 2 unspecified atom stereocenters. The van der Waals surface area contributed by atoms with E-state index in [1.165, 1.54) is 11.1 Å². The quantitative estimate of drug-likeness (QED) is 0.609. The Morgan fingerprint density at radius 3 is 2.64 bits per heavy atom. The molecular formula is C7H9N3O3S. The largest absolute Gasteiger partial charge is 0.388 e. The third-order valence-corrected chi connectivity index (χ3v) is 2.77. The van der Waals surface area contributed by atoms with Crippen molar-refractivity contribution in [3.8, 4) is 0 Å². The first-order valence-corrected chi connectivity index (χ1v) is 4.88. The number of carbonyl (C=O) groups is 1. The first-order chi connectivity index (χ1) is 6.68. The highest BCUT2D eigenvalue weighted by molar-refractivity contribution is 7.07. The molecule has 2 rings (SSSR count). The molecule has 0 radical (unpaired) electrons. The number of hydrogen-bond donors (Lipinski definition) is 2. The molecule has 14 heavy (non-hydrogen) atoms. The van der Waals surface area contributed by atoms with E-state index in [1.807, 2.05) is 0 Å². The van der Waals surface area contributed by atoms with Gasteiger partial charge in [0.15, 0.2) is 0 Å². The second-order valence-corrected chi connectivity index (χ2v) is 3.91. The van der Waals surface area contributed by atoms with Crippen LogP contribution in [-0.4, -0.2) is 55.9 Å². The van der Waals surface area contributed by atoms with Crippen molar-refractivity contribution in [1.29, 1.82) is 0 Å². The van der Waals surface area contributed by atoms with Crippen LogP contribution in [0.1, 0.15) is 9.67 Å². The number of nitrogens with zero attached hydrogens (tertiary/aromatic N) is 3. The predicted molar refractivity (Wildman–Crippen MR) is 47.8 cm³/mol. The number of likely N-dealkylation sites (tertiary alicyclic amines) is 1. The molecule has 0 aliphatic carbocycles. The van der Waals surface area contributed by atoms with Gasteiger partial charge >= 0.3 is 0 Å². The Morgan fingerprint density at radius 2 is 2.14 bits per heavy atom. The Balaban J connectivity index is 2.07. The van der Waals surface area contributed by atoms with Crippen molar-refractivity contribution >= 4 is 17.4 Å². The summed E-state index contributed by atoms with van der Waals surface area (Å²) in [5, 5.41) is 22.0. The number of hydrogen-bond acceptors (Lipinski definition) is 6. The number of amides is 1. The van der Waals surface area contributed by atoms with Crippen LogP contribution in [0.15, 0.2) is 6.20 Å². The van der Waals surface area contributed by atoms with E-state index in [-0.39, 0.29) is 19.0 Å². The lowest BCUT2D eigenvalue weighted by Gasteiger charge is -2.12. The number of aliphatic hydroxyl groups excluding tert-OH is 2. The van der Waals surface area contributed by atoms with Gasteiger partial charge in [-0.2, -0.15) is 0 Å². The molecule has 6 nitrogen and oxygen atoms in total. The van der Waals surface area contributed by atoms with Crippen molar-refractivity contribution in [2.45, 2.75) is 12.2 Å². The second-order valence-electron chi connectivity index (χ2n) is 3.13. The zero-order valence-electron chi connectivity index (χ0n) is 7.20. The molecule has 0 spiro atoms. The summed E-state index contributed by atoms with van der Waals surface area (Å²) in [5.41, 5.74) is 0. The van der Waals surface area contributed by atoms with Crippen LogP contribution in [0.25, 0.3) is 0 Å². The smallest absolute Gasteiger partial charge is 0.267 e. The Morgan fingerprint density at radius 1 is 1.50 bits per heavy atom. The molecule has 1 aromatic rings. The zero-order chi connectivity index (χ0) is 10.1. The Bertz CT molecular complexity index is 319. The van der Waals surface area contributed by atoms with Crippen molar-refractivity contribution in [1.82, 2.24) is 14.5 Å². The monoisotopic (exact) mass is 215 g/mol. The van der Waals surface area contributed by atoms with Gasteiger partial charge in [-0.3, -0.25) is 4.79 Å². The van der Waals surface area contributed by atoms with Crippen LogP contribution in [0.4, 0.5) is 0 Å². The molecule has 1 fully saturated rings. The van der Waals surface area contributed by atoms with Crippen molar-refractivity contribution in [3.05, 3.63) is 11.1 Å². The molecule has 1 aliphatic rings. The van der Waals surface area contributed by atoms with Crippen LogP contribution >= 0.6 is 11.5 Å². The van der Waals surface area contributed by atoms with E-state index in [2.05, 4.69) is 9.59 Å². The number of aromatic nitrogens is 2. The fourth-order valence-corrected chi connectivity index (χ4v) is 1.84. The van der Waals surface area contributed by atoms with Crippen molar-refractivity contribution in [2.75, 3.05) is 13.1 Å². The van der Waals surface area contributed by atoms with E-state index in [4.69, 9.17) is 0 Å². The minimum Gasteiger partial charge on any atom is -0.388 e. The molecular weight excluding hydrogens is 206 g/mol. The van der Waals surface area contributed by atoms with Crippen LogP contribution in [0, 0.1) is 0 Å². The molecule has 0 aromatic carbocycles. The number of β-amino-alcohol motifs (C(OH)–C–C–N with tert-alkyl or cyclic N) is 2. The lowest BCUT2D eigenvalue weighted by atomic mass is 10.3. The van der Waals surface area contributed by atoms with Crippen LogP contribution in [0.3, 0.4) is 0 Å². The van der Waals surface area contributed by atoms with Crippen molar-refractivity contribution in [3.63, 3.8) is 0 Å². The highest BCUT2D eigenvalue weighted by Crippen LogP contribution is 2.15. The van der Waals surface area contributed by atoms with E-state index in [0.29, 0.717) is 4.88 Å². The van der Waals surface area contributed by atoms with Gasteiger partial charge in [0.1, 0.15) is 4.88 Å². The Hall–Kier alpha value is -1.05. The molecule has 0 bridgehead atoms. The van der Waals surface area contributed by atoms with Crippen LogP contribution in [-0.2, 0) is 0 Å². The number of carbonyl (C=O) groups excluding carboxylic acids is 1. The zero-order valence-corrected chi connectivity index (χ0v) is 8.02. The second kappa shape index (κ2) is 3.60. The molecule has 0 saturated carbocycles. The first-order valence-electron chi connectivity index (χ1n) is 4.11. The summed E-state index contributed by atoms with van der Waals surface area (Å²) < 4.78 is 3.57. The molecule has 2 atom stereocenters. The Kier molecular flexibility index (Phi) is 2.44. The van der Waals surface area contributed by atoms with Gasteiger partial charge in [-0.25, -0.2) is 0 Å². The number of aliphatic hydroxyl groups is 2. The topological polar surface area (TPSA) is 86.6 Å². The number of rotatable bonds is 1. The molecule has 1 saturated heterocycles. The maximum Gasteiger partial charge on any atom is 0.267 e. The predicted octanol–water partition coefficient (Wildman–Crippen LogP) is -1.28. The summed E-state index contributed by atoms with van der Waals surface area (Å²) >= 11 is 1.00. The highest BCUT2D eigenvalue weighted by atomic mass is 32.1. The molecule has 7 heteroatoms. The van der Waals surface area contributed by atoms with Gasteiger partial charge < -0.3 is 15.1 Å². The van der Waals surface area contributed by atoms with Gasteiger partial charge in [0.05, 0.1) is 18.4 Å². The van der Waals surface area contributed by atoms with Crippen LogP contribution in [0.2, 0.25) is 0 Å². The maximum absolute atomic E-state index is 11.6. The Labute approximate surface area is 83.9 Å². The summed E-state index contributed by atoms with van der Waals surface area (Å²) in [5.74, 6) is -0.240. The third-order valence-electron chi connectivity index (χ3n) is 2.12. The van der Waals surface area contributed by atoms with Crippen LogP contribution in [0.5, 0.6) is 0 Å².